The van der Waals surface area contributed by atoms with Gasteiger partial charge in [-0.1, -0.05) is 13.8 Å². The van der Waals surface area contributed by atoms with Crippen molar-refractivity contribution in [1.29, 1.82) is 0 Å². The Balaban J connectivity index is 0.00000106. The van der Waals surface area contributed by atoms with Crippen LogP contribution in [0.15, 0.2) is 12.1 Å². The number of nitrogen functional groups attached to an aromatic ring is 1. The maximum absolute atomic E-state index is 13.0. The smallest absolute Gasteiger partial charge is 0.307 e. The van der Waals surface area contributed by atoms with Gasteiger partial charge in [0, 0.05) is 12.1 Å². The molecule has 90 valence electrons. The van der Waals surface area contributed by atoms with Crippen molar-refractivity contribution in [3.63, 3.8) is 0 Å². The number of anilines is 1. The van der Waals surface area contributed by atoms with Crippen LogP contribution in [0.1, 0.15) is 20.8 Å². The van der Waals surface area contributed by atoms with E-state index >= 15 is 0 Å². The maximum atomic E-state index is 13.0. The Morgan fingerprint density at radius 3 is 2.50 bits per heavy atom. The summed E-state index contributed by atoms with van der Waals surface area (Å²) in [5, 5.41) is 10.3. The molecule has 0 amide bonds. The highest BCUT2D eigenvalue weighted by atomic mass is 19.1. The Hall–Kier alpha value is -1.85. The topological polar surface area (TPSA) is 78.4 Å². The van der Waals surface area contributed by atoms with Crippen molar-refractivity contribution in [3.8, 4) is 5.75 Å². The molecule has 1 aromatic rings. The van der Waals surface area contributed by atoms with Gasteiger partial charge in [0.15, 0.2) is 0 Å². The molecule has 1 rings (SSSR count). The Kier molecular flexibility index (Phi) is 5.84. The number of nitro benzene ring substituents is 1. The summed E-state index contributed by atoms with van der Waals surface area (Å²) in [5.74, 6) is -0.830. The van der Waals surface area contributed by atoms with Gasteiger partial charge in [0.2, 0.25) is 5.82 Å². The van der Waals surface area contributed by atoms with Gasteiger partial charge in [-0.3, -0.25) is 10.1 Å². The third kappa shape index (κ3) is 3.38. The van der Waals surface area contributed by atoms with Crippen molar-refractivity contribution in [2.75, 3.05) is 12.3 Å². The average molecular weight is 230 g/mol. The van der Waals surface area contributed by atoms with E-state index in [1.165, 1.54) is 0 Å². The zero-order valence-corrected chi connectivity index (χ0v) is 9.49. The minimum atomic E-state index is -0.951. The summed E-state index contributed by atoms with van der Waals surface area (Å²) in [6, 6.07) is 1.86. The monoisotopic (exact) mass is 230 g/mol. The summed E-state index contributed by atoms with van der Waals surface area (Å²) in [6.07, 6.45) is 0. The van der Waals surface area contributed by atoms with Gasteiger partial charge in [-0.25, -0.2) is 0 Å². The van der Waals surface area contributed by atoms with E-state index in [2.05, 4.69) is 0 Å². The van der Waals surface area contributed by atoms with Gasteiger partial charge in [0.25, 0.3) is 0 Å². The molecular weight excluding hydrogens is 215 g/mol. The normalized spacial score (nSPS) is 9.00. The molecule has 0 fully saturated rings. The van der Waals surface area contributed by atoms with Crippen LogP contribution in [-0.2, 0) is 0 Å². The predicted octanol–water partition coefficient (Wildman–Crippen LogP) is 2.74. The third-order valence-corrected chi connectivity index (χ3v) is 1.58. The van der Waals surface area contributed by atoms with Gasteiger partial charge in [-0.2, -0.15) is 4.39 Å². The molecule has 16 heavy (non-hydrogen) atoms. The van der Waals surface area contributed by atoms with Gasteiger partial charge < -0.3 is 10.5 Å². The van der Waals surface area contributed by atoms with E-state index in [4.69, 9.17) is 10.5 Å². The van der Waals surface area contributed by atoms with Crippen LogP contribution in [0.2, 0.25) is 0 Å². The van der Waals surface area contributed by atoms with E-state index in [0.29, 0.717) is 6.61 Å². The summed E-state index contributed by atoms with van der Waals surface area (Å²) in [5.41, 5.74) is 4.83. The second kappa shape index (κ2) is 6.60. The van der Waals surface area contributed by atoms with Gasteiger partial charge >= 0.3 is 5.69 Å². The van der Waals surface area contributed by atoms with E-state index in [0.717, 1.165) is 12.1 Å². The fraction of sp³-hybridized carbons (Fsp3) is 0.400. The first-order chi connectivity index (χ1) is 7.56. The molecule has 0 spiro atoms. The van der Waals surface area contributed by atoms with Crippen molar-refractivity contribution >= 4 is 11.4 Å². The van der Waals surface area contributed by atoms with E-state index < -0.39 is 16.4 Å². The van der Waals surface area contributed by atoms with Crippen molar-refractivity contribution < 1.29 is 14.1 Å². The Bertz CT molecular complexity index is 369. The number of nitrogens with zero attached hydrogens (tertiary/aromatic N) is 1. The lowest BCUT2D eigenvalue weighted by Crippen LogP contribution is -2.00. The van der Waals surface area contributed by atoms with Crippen LogP contribution in [0.25, 0.3) is 0 Å². The highest BCUT2D eigenvalue weighted by Gasteiger charge is 2.17. The summed E-state index contributed by atoms with van der Waals surface area (Å²) in [7, 11) is 0. The van der Waals surface area contributed by atoms with Gasteiger partial charge in [-0.05, 0) is 6.92 Å². The molecule has 0 saturated carbocycles. The molecule has 1 aromatic carbocycles. The van der Waals surface area contributed by atoms with E-state index in [9.17, 15) is 14.5 Å². The number of hydrogen-bond acceptors (Lipinski definition) is 4. The molecule has 0 radical (unpaired) electrons. The lowest BCUT2D eigenvalue weighted by atomic mass is 10.2. The minimum Gasteiger partial charge on any atom is -0.492 e. The zero-order valence-electron chi connectivity index (χ0n) is 9.49. The van der Waals surface area contributed by atoms with Gasteiger partial charge in [0.05, 0.1) is 17.2 Å². The first-order valence-corrected chi connectivity index (χ1v) is 4.92. The molecular formula is C10H15FN2O3. The number of nitro groups is 1. The van der Waals surface area contributed by atoms with Crippen molar-refractivity contribution in [3.05, 3.63) is 28.1 Å². The van der Waals surface area contributed by atoms with Crippen LogP contribution >= 0.6 is 0 Å². The number of rotatable bonds is 3. The van der Waals surface area contributed by atoms with Crippen LogP contribution in [0.5, 0.6) is 5.75 Å². The Morgan fingerprint density at radius 2 is 2.06 bits per heavy atom. The molecule has 0 aromatic heterocycles. The number of nitrogens with two attached hydrogens (primary N) is 1. The molecule has 5 nitrogen and oxygen atoms in total. The Morgan fingerprint density at radius 1 is 1.50 bits per heavy atom. The Labute approximate surface area is 93.2 Å². The molecule has 0 unspecified atom stereocenters. The van der Waals surface area contributed by atoms with Crippen LogP contribution < -0.4 is 10.5 Å². The quantitative estimate of drug-likeness (QED) is 0.492. The largest absolute Gasteiger partial charge is 0.492 e. The SMILES string of the molecule is CC.CCOc1cc(F)c([N+](=O)[O-])cc1N. The minimum absolute atomic E-state index is 0.0555. The number of hydrogen-bond donors (Lipinski definition) is 1. The van der Waals surface area contributed by atoms with E-state index in [1.807, 2.05) is 13.8 Å². The highest BCUT2D eigenvalue weighted by Crippen LogP contribution is 2.29. The van der Waals surface area contributed by atoms with Crippen molar-refractivity contribution in [2.45, 2.75) is 20.8 Å². The molecule has 0 aliphatic carbocycles. The summed E-state index contributed by atoms with van der Waals surface area (Å²) in [4.78, 5) is 9.48. The van der Waals surface area contributed by atoms with Crippen molar-refractivity contribution in [1.82, 2.24) is 0 Å². The third-order valence-electron chi connectivity index (χ3n) is 1.58. The lowest BCUT2D eigenvalue weighted by Gasteiger charge is -2.06. The zero-order chi connectivity index (χ0) is 12.7. The number of benzene rings is 1. The molecule has 0 aliphatic heterocycles. The fourth-order valence-electron chi connectivity index (χ4n) is 0.980. The maximum Gasteiger partial charge on any atom is 0.307 e. The standard InChI is InChI=1S/C8H9FN2O3.C2H6/c1-2-14-8-3-5(9)7(11(12)13)4-6(8)10;1-2/h3-4H,2,10H2,1H3;1-2H3. The molecule has 0 saturated heterocycles. The van der Waals surface area contributed by atoms with Crippen molar-refractivity contribution in [2.24, 2.45) is 0 Å². The second-order valence-corrected chi connectivity index (χ2v) is 2.53. The number of ether oxygens (including phenoxy) is 1. The van der Waals surface area contributed by atoms with Gasteiger partial charge in [-0.15, -0.1) is 0 Å². The van der Waals surface area contributed by atoms with Crippen LogP contribution in [0, 0.1) is 15.9 Å². The molecule has 0 aliphatic rings. The first kappa shape index (κ1) is 14.2. The molecule has 6 heteroatoms. The van der Waals surface area contributed by atoms with Crippen LogP contribution in [-0.4, -0.2) is 11.5 Å². The van der Waals surface area contributed by atoms with Crippen LogP contribution in [0.3, 0.4) is 0 Å². The summed E-state index contributed by atoms with van der Waals surface area (Å²) in [6.45, 7) is 6.03. The summed E-state index contributed by atoms with van der Waals surface area (Å²) >= 11 is 0. The van der Waals surface area contributed by atoms with E-state index in [1.54, 1.807) is 6.92 Å². The summed E-state index contributed by atoms with van der Waals surface area (Å²) < 4.78 is 18.0. The molecule has 0 heterocycles. The molecule has 0 atom stereocenters. The number of halogens is 1. The van der Waals surface area contributed by atoms with E-state index in [-0.39, 0.29) is 11.4 Å². The first-order valence-electron chi connectivity index (χ1n) is 4.92. The molecule has 2 N–H and O–H groups in total. The van der Waals surface area contributed by atoms with Crippen LogP contribution in [0.4, 0.5) is 15.8 Å². The highest BCUT2D eigenvalue weighted by molar-refractivity contribution is 5.58. The second-order valence-electron chi connectivity index (χ2n) is 2.53. The van der Waals surface area contributed by atoms with Gasteiger partial charge in [0.1, 0.15) is 5.75 Å². The lowest BCUT2D eigenvalue weighted by molar-refractivity contribution is -0.387. The molecule has 0 bridgehead atoms. The fourth-order valence-corrected chi connectivity index (χ4v) is 0.980. The average Bonchev–Trinajstić information content (AvgIpc) is 2.26. The predicted molar refractivity (Wildman–Crippen MR) is 60.0 cm³/mol.